The smallest absolute Gasteiger partial charge is 0.275 e. The van der Waals surface area contributed by atoms with Crippen LogP contribution in [0.2, 0.25) is 0 Å². The lowest BCUT2D eigenvalue weighted by atomic mass is 10.1. The van der Waals surface area contributed by atoms with E-state index in [1.165, 1.54) is 12.3 Å². The molecule has 0 radical (unpaired) electrons. The van der Waals surface area contributed by atoms with E-state index in [9.17, 15) is 14.0 Å². The van der Waals surface area contributed by atoms with E-state index in [1.54, 1.807) is 38.0 Å². The first-order valence-corrected chi connectivity index (χ1v) is 9.92. The summed E-state index contributed by atoms with van der Waals surface area (Å²) >= 11 is 0. The third-order valence-corrected chi connectivity index (χ3v) is 5.18. The van der Waals surface area contributed by atoms with Gasteiger partial charge in [-0.1, -0.05) is 12.1 Å². The van der Waals surface area contributed by atoms with E-state index in [0.717, 1.165) is 19.6 Å². The number of nitrogens with one attached hydrogen (secondary N) is 1. The fourth-order valence-corrected chi connectivity index (χ4v) is 3.39. The molecule has 1 aliphatic rings. The second-order valence-electron chi connectivity index (χ2n) is 7.32. The van der Waals surface area contributed by atoms with Crippen LogP contribution in [0.3, 0.4) is 0 Å². The lowest BCUT2D eigenvalue weighted by Crippen LogP contribution is -2.49. The van der Waals surface area contributed by atoms with Crippen molar-refractivity contribution in [1.29, 1.82) is 0 Å². The first-order chi connectivity index (χ1) is 14.4. The van der Waals surface area contributed by atoms with Gasteiger partial charge in [-0.05, 0) is 25.5 Å². The molecule has 0 aliphatic carbocycles. The molecule has 0 bridgehead atoms. The fourth-order valence-electron chi connectivity index (χ4n) is 3.39. The maximum Gasteiger partial charge on any atom is 0.275 e. The van der Waals surface area contributed by atoms with E-state index in [0.29, 0.717) is 25.3 Å². The van der Waals surface area contributed by atoms with Gasteiger partial charge in [0.25, 0.3) is 11.8 Å². The van der Waals surface area contributed by atoms with Crippen LogP contribution in [0.5, 0.6) is 0 Å². The minimum absolute atomic E-state index is 0.0152. The molecule has 2 heterocycles. The number of rotatable bonds is 7. The Hall–Kier alpha value is -2.78. The summed E-state index contributed by atoms with van der Waals surface area (Å²) in [7, 11) is 1.67. The summed E-state index contributed by atoms with van der Waals surface area (Å²) in [6.07, 6.45) is 1.30. The van der Waals surface area contributed by atoms with Gasteiger partial charge in [0.2, 0.25) is 5.89 Å². The number of ether oxygens (including phenoxy) is 1. The molecule has 162 valence electrons. The van der Waals surface area contributed by atoms with Crippen molar-refractivity contribution < 1.29 is 23.1 Å². The molecule has 30 heavy (non-hydrogen) atoms. The summed E-state index contributed by atoms with van der Waals surface area (Å²) in [6.45, 7) is 7.58. The van der Waals surface area contributed by atoms with Crippen molar-refractivity contribution in [3.63, 3.8) is 0 Å². The van der Waals surface area contributed by atoms with Gasteiger partial charge in [0.15, 0.2) is 5.69 Å². The largest absolute Gasteiger partial charge is 0.446 e. The number of hydrogen-bond acceptors (Lipinski definition) is 6. The van der Waals surface area contributed by atoms with Crippen molar-refractivity contribution in [2.75, 3.05) is 46.4 Å². The third kappa shape index (κ3) is 5.03. The minimum Gasteiger partial charge on any atom is -0.446 e. The molecule has 1 N–H and O–H groups in total. The number of oxazole rings is 1. The zero-order valence-electron chi connectivity index (χ0n) is 17.5. The average Bonchev–Trinajstić information content (AvgIpc) is 3.22. The van der Waals surface area contributed by atoms with Gasteiger partial charge in [-0.25, -0.2) is 9.37 Å². The SMILES string of the molecule is COCCN1CCN(C(=O)c2coc([C@H](C)NC(=O)c3c(C)cccc3F)n2)CC1. The molecule has 8 nitrogen and oxygen atoms in total. The number of methoxy groups -OCH3 is 1. The predicted molar refractivity (Wildman–Crippen MR) is 108 cm³/mol. The maximum absolute atomic E-state index is 14.0. The van der Waals surface area contributed by atoms with Crippen LogP contribution in [0.15, 0.2) is 28.9 Å². The minimum atomic E-state index is -0.621. The lowest BCUT2D eigenvalue weighted by Gasteiger charge is -2.34. The first-order valence-electron chi connectivity index (χ1n) is 9.92. The van der Waals surface area contributed by atoms with Crippen LogP contribution >= 0.6 is 0 Å². The van der Waals surface area contributed by atoms with Crippen LogP contribution in [-0.2, 0) is 4.74 Å². The molecule has 3 rings (SSSR count). The number of halogens is 1. The molecule has 1 fully saturated rings. The quantitative estimate of drug-likeness (QED) is 0.740. The number of piperazine rings is 1. The Morgan fingerprint density at radius 3 is 2.70 bits per heavy atom. The van der Waals surface area contributed by atoms with Crippen molar-refractivity contribution in [2.24, 2.45) is 0 Å². The normalized spacial score (nSPS) is 15.8. The molecular formula is C21H27FN4O4. The summed E-state index contributed by atoms with van der Waals surface area (Å²) in [4.78, 5) is 33.4. The Kier molecular flexibility index (Phi) is 7.17. The maximum atomic E-state index is 14.0. The van der Waals surface area contributed by atoms with E-state index >= 15 is 0 Å². The third-order valence-electron chi connectivity index (χ3n) is 5.18. The van der Waals surface area contributed by atoms with Crippen LogP contribution in [0.1, 0.15) is 45.3 Å². The van der Waals surface area contributed by atoms with E-state index in [4.69, 9.17) is 9.15 Å². The number of benzene rings is 1. The average molecular weight is 418 g/mol. The molecule has 0 saturated carbocycles. The van der Waals surface area contributed by atoms with Crippen molar-refractivity contribution in [3.05, 3.63) is 53.0 Å². The van der Waals surface area contributed by atoms with Gasteiger partial charge in [-0.3, -0.25) is 14.5 Å². The molecule has 1 aliphatic heterocycles. The highest BCUT2D eigenvalue weighted by atomic mass is 19.1. The van der Waals surface area contributed by atoms with E-state index in [2.05, 4.69) is 15.2 Å². The molecule has 0 unspecified atom stereocenters. The van der Waals surface area contributed by atoms with Gasteiger partial charge >= 0.3 is 0 Å². The summed E-state index contributed by atoms with van der Waals surface area (Å²) in [5, 5.41) is 2.67. The van der Waals surface area contributed by atoms with Gasteiger partial charge in [-0.15, -0.1) is 0 Å². The van der Waals surface area contributed by atoms with E-state index in [1.807, 2.05) is 0 Å². The number of carbonyl (C=O) groups excluding carboxylic acids is 2. The standard InChI is InChI=1S/C21H27FN4O4/c1-14-5-4-6-16(22)18(14)19(27)23-15(2)20-24-17(13-30-20)21(28)26-9-7-25(8-10-26)11-12-29-3/h4-6,13,15H,7-12H2,1-3H3,(H,23,27)/t15-/m0/s1. The van der Waals surface area contributed by atoms with Crippen LogP contribution in [0.4, 0.5) is 4.39 Å². The number of hydrogen-bond donors (Lipinski definition) is 1. The molecule has 1 aromatic heterocycles. The van der Waals surface area contributed by atoms with Gasteiger partial charge in [0.05, 0.1) is 12.2 Å². The Bertz CT molecular complexity index is 873. The van der Waals surface area contributed by atoms with Gasteiger partial charge in [0, 0.05) is 39.8 Å². The molecule has 1 aromatic carbocycles. The van der Waals surface area contributed by atoms with E-state index < -0.39 is 17.8 Å². The number of aryl methyl sites for hydroxylation is 1. The first kappa shape index (κ1) is 21.9. The number of aromatic nitrogens is 1. The summed E-state index contributed by atoms with van der Waals surface area (Å²) in [5.74, 6) is -1.16. The monoisotopic (exact) mass is 418 g/mol. The second kappa shape index (κ2) is 9.82. The fraction of sp³-hybridized carbons (Fsp3) is 0.476. The van der Waals surface area contributed by atoms with Crippen molar-refractivity contribution in [3.8, 4) is 0 Å². The highest BCUT2D eigenvalue weighted by molar-refractivity contribution is 5.96. The highest BCUT2D eigenvalue weighted by Gasteiger charge is 2.26. The summed E-state index contributed by atoms with van der Waals surface area (Å²) < 4.78 is 24.5. The van der Waals surface area contributed by atoms with Gasteiger partial charge in [0.1, 0.15) is 18.1 Å². The topological polar surface area (TPSA) is 87.9 Å². The Labute approximate surface area is 175 Å². The molecule has 2 aromatic rings. The molecule has 1 saturated heterocycles. The number of carbonyl (C=O) groups is 2. The van der Waals surface area contributed by atoms with Crippen LogP contribution < -0.4 is 5.32 Å². The second-order valence-corrected chi connectivity index (χ2v) is 7.32. The highest BCUT2D eigenvalue weighted by Crippen LogP contribution is 2.17. The molecule has 9 heteroatoms. The zero-order valence-corrected chi connectivity index (χ0v) is 17.5. The summed E-state index contributed by atoms with van der Waals surface area (Å²) in [5.41, 5.74) is 0.713. The number of nitrogens with zero attached hydrogens (tertiary/aromatic N) is 3. The van der Waals surface area contributed by atoms with Crippen LogP contribution in [-0.4, -0.2) is 73.0 Å². The number of amides is 2. The molecule has 0 spiro atoms. The molecule has 1 atom stereocenters. The predicted octanol–water partition coefficient (Wildman–Crippen LogP) is 2.02. The van der Waals surface area contributed by atoms with Crippen molar-refractivity contribution in [1.82, 2.24) is 20.1 Å². The van der Waals surface area contributed by atoms with Crippen LogP contribution in [0, 0.1) is 12.7 Å². The van der Waals surface area contributed by atoms with Crippen molar-refractivity contribution in [2.45, 2.75) is 19.9 Å². The molecule has 2 amide bonds. The van der Waals surface area contributed by atoms with Crippen molar-refractivity contribution >= 4 is 11.8 Å². The molecular weight excluding hydrogens is 391 g/mol. The summed E-state index contributed by atoms with van der Waals surface area (Å²) in [6, 6.07) is 3.83. The van der Waals surface area contributed by atoms with Gasteiger partial charge < -0.3 is 19.4 Å². The Morgan fingerprint density at radius 1 is 1.30 bits per heavy atom. The Morgan fingerprint density at radius 2 is 2.03 bits per heavy atom. The lowest BCUT2D eigenvalue weighted by molar-refractivity contribution is 0.0588. The van der Waals surface area contributed by atoms with E-state index in [-0.39, 0.29) is 23.1 Å². The zero-order chi connectivity index (χ0) is 21.7. The Balaban J connectivity index is 1.59. The van der Waals surface area contributed by atoms with Crippen LogP contribution in [0.25, 0.3) is 0 Å². The van der Waals surface area contributed by atoms with Gasteiger partial charge in [-0.2, -0.15) is 0 Å².